The third-order valence-corrected chi connectivity index (χ3v) is 3.44. The van der Waals surface area contributed by atoms with E-state index in [1.54, 1.807) is 12.1 Å². The summed E-state index contributed by atoms with van der Waals surface area (Å²) in [5.74, 6) is 0.0572. The number of phenols is 1. The lowest BCUT2D eigenvalue weighted by molar-refractivity contribution is -0.120. The molecular formula is C17H20N2O2. The zero-order valence-electron chi connectivity index (χ0n) is 12.3. The Balaban J connectivity index is 1.99. The van der Waals surface area contributed by atoms with Crippen molar-refractivity contribution in [3.05, 3.63) is 58.7 Å². The molecule has 0 spiro atoms. The number of phenolic OH excluding ortho intramolecular Hbond substituents is 1. The maximum atomic E-state index is 12.0. The highest BCUT2D eigenvalue weighted by Crippen LogP contribution is 2.19. The Labute approximate surface area is 124 Å². The molecule has 2 aromatic rings. The number of nitrogen functional groups attached to an aromatic ring is 1. The zero-order valence-corrected chi connectivity index (χ0v) is 12.3. The molecule has 4 N–H and O–H groups in total. The van der Waals surface area contributed by atoms with E-state index in [0.29, 0.717) is 17.7 Å². The van der Waals surface area contributed by atoms with Gasteiger partial charge in [-0.2, -0.15) is 0 Å². The van der Waals surface area contributed by atoms with Crippen molar-refractivity contribution in [3.8, 4) is 5.75 Å². The molecule has 0 saturated heterocycles. The van der Waals surface area contributed by atoms with Crippen molar-refractivity contribution in [3.63, 3.8) is 0 Å². The summed E-state index contributed by atoms with van der Waals surface area (Å²) in [5.41, 5.74) is 10.1. The summed E-state index contributed by atoms with van der Waals surface area (Å²) in [4.78, 5) is 12.0. The second-order valence-corrected chi connectivity index (χ2v) is 5.27. The maximum Gasteiger partial charge on any atom is 0.224 e. The number of nitrogens with two attached hydrogens (primary N) is 1. The quantitative estimate of drug-likeness (QED) is 0.596. The zero-order chi connectivity index (χ0) is 15.4. The van der Waals surface area contributed by atoms with E-state index < -0.39 is 0 Å². The SMILES string of the molecule is Cc1ccc(C)c(CC(=O)NCc2cc(N)ccc2O)c1. The fourth-order valence-electron chi connectivity index (χ4n) is 2.17. The van der Waals surface area contributed by atoms with Crippen molar-refractivity contribution in [2.75, 3.05) is 5.73 Å². The van der Waals surface area contributed by atoms with E-state index in [1.165, 1.54) is 6.07 Å². The molecule has 1 amide bonds. The lowest BCUT2D eigenvalue weighted by Gasteiger charge is -2.10. The van der Waals surface area contributed by atoms with E-state index in [2.05, 4.69) is 5.32 Å². The average Bonchev–Trinajstić information content (AvgIpc) is 2.44. The number of carbonyl (C=O) groups is 1. The van der Waals surface area contributed by atoms with Crippen molar-refractivity contribution in [1.82, 2.24) is 5.32 Å². The van der Waals surface area contributed by atoms with E-state index in [1.807, 2.05) is 32.0 Å². The molecule has 2 aromatic carbocycles. The number of hydrogen-bond acceptors (Lipinski definition) is 3. The van der Waals surface area contributed by atoms with Gasteiger partial charge < -0.3 is 16.2 Å². The fourth-order valence-corrected chi connectivity index (χ4v) is 2.17. The van der Waals surface area contributed by atoms with Crippen LogP contribution in [0.15, 0.2) is 36.4 Å². The minimum atomic E-state index is -0.0782. The van der Waals surface area contributed by atoms with Crippen molar-refractivity contribution in [2.24, 2.45) is 0 Å². The van der Waals surface area contributed by atoms with Crippen molar-refractivity contribution >= 4 is 11.6 Å². The summed E-state index contributed by atoms with van der Waals surface area (Å²) in [6, 6.07) is 10.9. The minimum absolute atomic E-state index is 0.0782. The number of benzene rings is 2. The third kappa shape index (κ3) is 3.99. The van der Waals surface area contributed by atoms with Crippen molar-refractivity contribution in [1.29, 1.82) is 0 Å². The Morgan fingerprint density at radius 1 is 1.14 bits per heavy atom. The standard InChI is InChI=1S/C17H20N2O2/c1-11-3-4-12(2)13(7-11)9-17(21)19-10-14-8-15(18)5-6-16(14)20/h3-8,20H,9-10,18H2,1-2H3,(H,19,21). The molecule has 4 heteroatoms. The topological polar surface area (TPSA) is 75.4 Å². The first-order valence-electron chi connectivity index (χ1n) is 6.86. The lowest BCUT2D eigenvalue weighted by atomic mass is 10.0. The fraction of sp³-hybridized carbons (Fsp3) is 0.235. The van der Waals surface area contributed by atoms with Gasteiger partial charge in [-0.1, -0.05) is 23.8 Å². The summed E-state index contributed by atoms with van der Waals surface area (Å²) in [5, 5.41) is 12.5. The molecule has 21 heavy (non-hydrogen) atoms. The Morgan fingerprint density at radius 2 is 1.90 bits per heavy atom. The van der Waals surface area contributed by atoms with Gasteiger partial charge in [0, 0.05) is 17.8 Å². The Kier molecular flexibility index (Phi) is 4.48. The van der Waals surface area contributed by atoms with Crippen LogP contribution >= 0.6 is 0 Å². The Bertz CT molecular complexity index is 666. The number of amides is 1. The third-order valence-electron chi connectivity index (χ3n) is 3.44. The van der Waals surface area contributed by atoms with Gasteiger partial charge in [-0.25, -0.2) is 0 Å². The number of rotatable bonds is 4. The van der Waals surface area contributed by atoms with Crippen LogP contribution in [0.4, 0.5) is 5.69 Å². The van der Waals surface area contributed by atoms with Gasteiger partial charge in [0.15, 0.2) is 0 Å². The molecule has 0 heterocycles. The van der Waals surface area contributed by atoms with Crippen LogP contribution in [0, 0.1) is 13.8 Å². The Hall–Kier alpha value is -2.49. The second kappa shape index (κ2) is 6.31. The van der Waals surface area contributed by atoms with Gasteiger partial charge in [-0.15, -0.1) is 0 Å². The molecule has 2 rings (SSSR count). The molecule has 0 aliphatic rings. The molecule has 0 aliphatic carbocycles. The van der Waals surface area contributed by atoms with Crippen LogP contribution in [0.5, 0.6) is 5.75 Å². The highest BCUT2D eigenvalue weighted by atomic mass is 16.3. The smallest absolute Gasteiger partial charge is 0.224 e. The number of aryl methyl sites for hydroxylation is 2. The molecule has 0 saturated carbocycles. The summed E-state index contributed by atoms with van der Waals surface area (Å²) < 4.78 is 0. The molecule has 0 aliphatic heterocycles. The average molecular weight is 284 g/mol. The first-order valence-corrected chi connectivity index (χ1v) is 6.86. The van der Waals surface area contributed by atoms with Crippen molar-refractivity contribution in [2.45, 2.75) is 26.8 Å². The van der Waals surface area contributed by atoms with Crippen LogP contribution < -0.4 is 11.1 Å². The van der Waals surface area contributed by atoms with E-state index in [-0.39, 0.29) is 18.2 Å². The maximum absolute atomic E-state index is 12.0. The highest BCUT2D eigenvalue weighted by molar-refractivity contribution is 5.79. The minimum Gasteiger partial charge on any atom is -0.508 e. The molecule has 0 radical (unpaired) electrons. The number of hydrogen-bond donors (Lipinski definition) is 3. The van der Waals surface area contributed by atoms with Gasteiger partial charge in [0.1, 0.15) is 5.75 Å². The van der Waals surface area contributed by atoms with Gasteiger partial charge in [0.2, 0.25) is 5.91 Å². The largest absolute Gasteiger partial charge is 0.508 e. The Morgan fingerprint density at radius 3 is 2.67 bits per heavy atom. The molecule has 110 valence electrons. The van der Waals surface area contributed by atoms with E-state index in [0.717, 1.165) is 16.7 Å². The van der Waals surface area contributed by atoms with Gasteiger partial charge in [0.05, 0.1) is 6.42 Å². The molecule has 0 fully saturated rings. The van der Waals surface area contributed by atoms with Crippen LogP contribution in [-0.2, 0) is 17.8 Å². The molecule has 0 unspecified atom stereocenters. The van der Waals surface area contributed by atoms with Crippen LogP contribution in [0.25, 0.3) is 0 Å². The van der Waals surface area contributed by atoms with E-state index in [4.69, 9.17) is 5.73 Å². The molecule has 0 bridgehead atoms. The molecule has 0 atom stereocenters. The van der Waals surface area contributed by atoms with Crippen LogP contribution in [0.2, 0.25) is 0 Å². The van der Waals surface area contributed by atoms with Gasteiger partial charge in [0.25, 0.3) is 0 Å². The van der Waals surface area contributed by atoms with Crippen LogP contribution in [0.1, 0.15) is 22.3 Å². The number of aromatic hydroxyl groups is 1. The first kappa shape index (κ1) is 14.9. The summed E-state index contributed by atoms with van der Waals surface area (Å²) >= 11 is 0. The van der Waals surface area contributed by atoms with Crippen LogP contribution in [0.3, 0.4) is 0 Å². The number of nitrogens with one attached hydrogen (secondary N) is 1. The van der Waals surface area contributed by atoms with E-state index >= 15 is 0 Å². The second-order valence-electron chi connectivity index (χ2n) is 5.27. The summed E-state index contributed by atoms with van der Waals surface area (Å²) in [6.45, 7) is 4.26. The van der Waals surface area contributed by atoms with Crippen molar-refractivity contribution < 1.29 is 9.90 Å². The number of carbonyl (C=O) groups excluding carboxylic acids is 1. The lowest BCUT2D eigenvalue weighted by Crippen LogP contribution is -2.25. The highest BCUT2D eigenvalue weighted by Gasteiger charge is 2.08. The molecule has 4 nitrogen and oxygen atoms in total. The van der Waals surface area contributed by atoms with Crippen LogP contribution in [-0.4, -0.2) is 11.0 Å². The monoisotopic (exact) mass is 284 g/mol. The van der Waals surface area contributed by atoms with Gasteiger partial charge >= 0.3 is 0 Å². The first-order chi connectivity index (χ1) is 9.95. The van der Waals surface area contributed by atoms with Gasteiger partial charge in [-0.05, 0) is 43.2 Å². The predicted octanol–water partition coefficient (Wildman–Crippen LogP) is 2.45. The summed E-state index contributed by atoms with van der Waals surface area (Å²) in [6.07, 6.45) is 0.330. The summed E-state index contributed by atoms with van der Waals surface area (Å²) in [7, 11) is 0. The molecular weight excluding hydrogens is 264 g/mol. The molecule has 0 aromatic heterocycles. The normalized spacial score (nSPS) is 10.4. The predicted molar refractivity (Wildman–Crippen MR) is 84.0 cm³/mol. The van der Waals surface area contributed by atoms with E-state index in [9.17, 15) is 9.90 Å². The van der Waals surface area contributed by atoms with Gasteiger partial charge in [-0.3, -0.25) is 4.79 Å². The number of anilines is 1.